The molecule has 13 heavy (non-hydrogen) atoms. The van der Waals surface area contributed by atoms with Crippen LogP contribution in [0.15, 0.2) is 22.7 Å². The van der Waals surface area contributed by atoms with Crippen LogP contribution < -0.4 is 10.1 Å². The van der Waals surface area contributed by atoms with E-state index < -0.39 is 0 Å². The van der Waals surface area contributed by atoms with Crippen LogP contribution in [0.2, 0.25) is 0 Å². The van der Waals surface area contributed by atoms with Crippen LogP contribution in [-0.4, -0.2) is 20.7 Å². The minimum absolute atomic E-state index is 0.883. The van der Waals surface area contributed by atoms with Crippen LogP contribution in [0.1, 0.15) is 5.56 Å². The summed E-state index contributed by atoms with van der Waals surface area (Å²) in [4.78, 5) is 0. The molecular formula is C10H14BrNO. The number of rotatable bonds is 4. The quantitative estimate of drug-likeness (QED) is 0.876. The molecule has 0 spiro atoms. The van der Waals surface area contributed by atoms with Crippen LogP contribution in [0.25, 0.3) is 0 Å². The molecule has 0 unspecified atom stereocenters. The molecule has 0 amide bonds. The topological polar surface area (TPSA) is 21.3 Å². The summed E-state index contributed by atoms with van der Waals surface area (Å²) in [6, 6.07) is 6.16. The monoisotopic (exact) mass is 243 g/mol. The second-order valence-corrected chi connectivity index (χ2v) is 3.68. The molecular weight excluding hydrogens is 230 g/mol. The number of halogens is 1. The molecule has 72 valence electrons. The van der Waals surface area contributed by atoms with Crippen molar-refractivity contribution in [2.75, 3.05) is 20.7 Å². The van der Waals surface area contributed by atoms with Crippen molar-refractivity contribution in [3.05, 3.63) is 28.2 Å². The summed E-state index contributed by atoms with van der Waals surface area (Å²) >= 11 is 3.45. The fourth-order valence-electron chi connectivity index (χ4n) is 1.13. The van der Waals surface area contributed by atoms with Crippen molar-refractivity contribution in [1.82, 2.24) is 5.32 Å². The van der Waals surface area contributed by atoms with Crippen LogP contribution in [0.4, 0.5) is 0 Å². The molecule has 0 heterocycles. The minimum Gasteiger partial charge on any atom is -0.496 e. The Morgan fingerprint density at radius 3 is 2.77 bits per heavy atom. The third kappa shape index (κ3) is 3.01. The SMILES string of the molecule is CNCCc1ccc(OC)c(Br)c1. The van der Waals surface area contributed by atoms with Gasteiger partial charge in [0.05, 0.1) is 11.6 Å². The maximum atomic E-state index is 5.14. The first kappa shape index (κ1) is 10.5. The van der Waals surface area contributed by atoms with E-state index in [1.807, 2.05) is 13.1 Å². The molecule has 0 atom stereocenters. The molecule has 1 aromatic carbocycles. The van der Waals surface area contributed by atoms with Crippen LogP contribution in [0, 0.1) is 0 Å². The highest BCUT2D eigenvalue weighted by molar-refractivity contribution is 9.10. The van der Waals surface area contributed by atoms with E-state index in [2.05, 4.69) is 33.4 Å². The van der Waals surface area contributed by atoms with E-state index in [1.54, 1.807) is 7.11 Å². The molecule has 0 aliphatic rings. The van der Waals surface area contributed by atoms with E-state index in [0.717, 1.165) is 23.2 Å². The molecule has 0 fully saturated rings. The molecule has 2 nitrogen and oxygen atoms in total. The summed E-state index contributed by atoms with van der Waals surface area (Å²) < 4.78 is 6.16. The van der Waals surface area contributed by atoms with Gasteiger partial charge in [0, 0.05) is 0 Å². The van der Waals surface area contributed by atoms with E-state index >= 15 is 0 Å². The Morgan fingerprint density at radius 1 is 1.46 bits per heavy atom. The second-order valence-electron chi connectivity index (χ2n) is 2.82. The molecule has 0 saturated heterocycles. The Hall–Kier alpha value is -0.540. The predicted octanol–water partition coefficient (Wildman–Crippen LogP) is 2.22. The average molecular weight is 244 g/mol. The van der Waals surface area contributed by atoms with E-state index in [9.17, 15) is 0 Å². The summed E-state index contributed by atoms with van der Waals surface area (Å²) in [6.45, 7) is 0.999. The number of likely N-dealkylation sites (N-methyl/N-ethyl adjacent to an activating group) is 1. The molecule has 0 aliphatic carbocycles. The highest BCUT2D eigenvalue weighted by Gasteiger charge is 2.00. The number of benzene rings is 1. The zero-order valence-electron chi connectivity index (χ0n) is 7.93. The van der Waals surface area contributed by atoms with Crippen molar-refractivity contribution in [2.24, 2.45) is 0 Å². The van der Waals surface area contributed by atoms with Gasteiger partial charge in [-0.1, -0.05) is 6.07 Å². The van der Waals surface area contributed by atoms with Crippen LogP contribution in [0.5, 0.6) is 5.75 Å². The third-order valence-corrected chi connectivity index (χ3v) is 2.50. The van der Waals surface area contributed by atoms with Crippen molar-refractivity contribution in [1.29, 1.82) is 0 Å². The molecule has 1 N–H and O–H groups in total. The van der Waals surface area contributed by atoms with Gasteiger partial charge in [0.2, 0.25) is 0 Å². The Morgan fingerprint density at radius 2 is 2.23 bits per heavy atom. The molecule has 3 heteroatoms. The average Bonchev–Trinajstić information content (AvgIpc) is 2.15. The first-order valence-electron chi connectivity index (χ1n) is 4.25. The normalized spacial score (nSPS) is 10.1. The van der Waals surface area contributed by atoms with E-state index in [1.165, 1.54) is 5.56 Å². The van der Waals surface area contributed by atoms with Crippen LogP contribution in [-0.2, 0) is 6.42 Å². The molecule has 0 bridgehead atoms. The van der Waals surface area contributed by atoms with Gasteiger partial charge >= 0.3 is 0 Å². The maximum absolute atomic E-state index is 5.14. The van der Waals surface area contributed by atoms with Gasteiger partial charge in [-0.05, 0) is 53.6 Å². The van der Waals surface area contributed by atoms with Crippen molar-refractivity contribution in [3.8, 4) is 5.75 Å². The Kier molecular flexibility index (Phi) is 4.25. The summed E-state index contributed by atoms with van der Waals surface area (Å²) in [7, 11) is 3.63. The van der Waals surface area contributed by atoms with E-state index in [0.29, 0.717) is 0 Å². The van der Waals surface area contributed by atoms with Gasteiger partial charge in [0.15, 0.2) is 0 Å². The second kappa shape index (κ2) is 5.25. The van der Waals surface area contributed by atoms with Gasteiger partial charge in [0.25, 0.3) is 0 Å². The Labute approximate surface area is 87.4 Å². The smallest absolute Gasteiger partial charge is 0.133 e. The zero-order chi connectivity index (χ0) is 9.68. The van der Waals surface area contributed by atoms with Crippen molar-refractivity contribution >= 4 is 15.9 Å². The Bertz CT molecular complexity index is 276. The predicted molar refractivity (Wildman–Crippen MR) is 58.3 cm³/mol. The highest BCUT2D eigenvalue weighted by Crippen LogP contribution is 2.25. The van der Waals surface area contributed by atoms with Crippen molar-refractivity contribution in [3.63, 3.8) is 0 Å². The summed E-state index contributed by atoms with van der Waals surface area (Å²) in [5.41, 5.74) is 1.31. The summed E-state index contributed by atoms with van der Waals surface area (Å²) in [5, 5.41) is 3.12. The number of methoxy groups -OCH3 is 1. The number of ether oxygens (including phenoxy) is 1. The fourth-order valence-corrected chi connectivity index (χ4v) is 1.72. The summed E-state index contributed by atoms with van der Waals surface area (Å²) in [6.07, 6.45) is 1.04. The summed E-state index contributed by atoms with van der Waals surface area (Å²) in [5.74, 6) is 0.883. The van der Waals surface area contributed by atoms with Gasteiger partial charge in [-0.2, -0.15) is 0 Å². The van der Waals surface area contributed by atoms with Gasteiger partial charge < -0.3 is 10.1 Å². The highest BCUT2D eigenvalue weighted by atomic mass is 79.9. The lowest BCUT2D eigenvalue weighted by Gasteiger charge is -2.05. The Balaban J connectivity index is 2.71. The van der Waals surface area contributed by atoms with Gasteiger partial charge in [-0.25, -0.2) is 0 Å². The maximum Gasteiger partial charge on any atom is 0.133 e. The standard InChI is InChI=1S/C10H14BrNO/c1-12-6-5-8-3-4-10(13-2)9(11)7-8/h3-4,7,12H,5-6H2,1-2H3. The van der Waals surface area contributed by atoms with Crippen molar-refractivity contribution < 1.29 is 4.74 Å². The zero-order valence-corrected chi connectivity index (χ0v) is 9.52. The molecule has 1 rings (SSSR count). The largest absolute Gasteiger partial charge is 0.496 e. The van der Waals surface area contributed by atoms with E-state index in [-0.39, 0.29) is 0 Å². The van der Waals surface area contributed by atoms with Gasteiger partial charge in [-0.3, -0.25) is 0 Å². The number of hydrogen-bond acceptors (Lipinski definition) is 2. The van der Waals surface area contributed by atoms with Gasteiger partial charge in [0.1, 0.15) is 5.75 Å². The minimum atomic E-state index is 0.883. The molecule has 1 aromatic rings. The molecule has 0 saturated carbocycles. The first-order chi connectivity index (χ1) is 6.27. The fraction of sp³-hybridized carbons (Fsp3) is 0.400. The lowest BCUT2D eigenvalue weighted by molar-refractivity contribution is 0.412. The van der Waals surface area contributed by atoms with Crippen molar-refractivity contribution in [2.45, 2.75) is 6.42 Å². The molecule has 0 aliphatic heterocycles. The lowest BCUT2D eigenvalue weighted by Crippen LogP contribution is -2.10. The van der Waals surface area contributed by atoms with E-state index in [4.69, 9.17) is 4.74 Å². The van der Waals surface area contributed by atoms with Crippen LogP contribution >= 0.6 is 15.9 Å². The molecule has 0 radical (unpaired) electrons. The first-order valence-corrected chi connectivity index (χ1v) is 5.04. The molecule has 0 aromatic heterocycles. The number of nitrogens with one attached hydrogen (secondary N) is 1. The number of hydrogen-bond donors (Lipinski definition) is 1. The lowest BCUT2D eigenvalue weighted by atomic mass is 10.1. The van der Waals surface area contributed by atoms with Crippen LogP contribution in [0.3, 0.4) is 0 Å². The van der Waals surface area contributed by atoms with Gasteiger partial charge in [-0.15, -0.1) is 0 Å². The third-order valence-electron chi connectivity index (χ3n) is 1.88.